The number of epoxide rings is 1. The Hall–Kier alpha value is -1.88. The maximum Gasteiger partial charge on any atom is 0.330 e. The fourth-order valence-electron chi connectivity index (χ4n) is 0.751. The summed E-state index contributed by atoms with van der Waals surface area (Å²) in [6.07, 6.45) is 2.23. The molecule has 1 aliphatic heterocycles. The second-order valence-electron chi connectivity index (χ2n) is 2.99. The van der Waals surface area contributed by atoms with Crippen LogP contribution in [0.5, 0.6) is 0 Å². The molecule has 2 unspecified atom stereocenters. The van der Waals surface area contributed by atoms with Gasteiger partial charge in [-0.2, -0.15) is 0 Å². The van der Waals surface area contributed by atoms with Crippen molar-refractivity contribution < 1.29 is 23.8 Å². The van der Waals surface area contributed by atoms with Gasteiger partial charge >= 0.3 is 11.9 Å². The lowest BCUT2D eigenvalue weighted by Gasteiger charge is -2.06. The third-order valence-corrected chi connectivity index (χ3v) is 1.60. The topological polar surface area (TPSA) is 65.1 Å². The van der Waals surface area contributed by atoms with Gasteiger partial charge in [0.15, 0.2) is 0 Å². The van der Waals surface area contributed by atoms with Crippen LogP contribution in [-0.4, -0.2) is 30.8 Å². The van der Waals surface area contributed by atoms with Crippen LogP contribution in [0.2, 0.25) is 0 Å². The predicted octanol–water partition coefficient (Wildman–Crippen LogP) is 2.00. The van der Waals surface area contributed by atoms with Crippen LogP contribution in [0, 0.1) is 0 Å². The smallest absolute Gasteiger partial charge is 0.330 e. The zero-order valence-electron chi connectivity index (χ0n) is 10.9. The molecule has 0 aromatic heterocycles. The minimum absolute atomic E-state index is 0.115. The molecular formula is C13H20O5. The molecule has 1 heterocycles. The van der Waals surface area contributed by atoms with Crippen molar-refractivity contribution in [1.82, 2.24) is 0 Å². The quantitative estimate of drug-likeness (QED) is 0.253. The molecule has 1 saturated heterocycles. The minimum atomic E-state index is -0.386. The summed E-state index contributed by atoms with van der Waals surface area (Å²) in [5, 5.41) is 0. The summed E-state index contributed by atoms with van der Waals surface area (Å²) >= 11 is 0. The fraction of sp³-hybridized carbons (Fsp3) is 0.385. The highest BCUT2D eigenvalue weighted by Crippen LogP contribution is 2.16. The number of ether oxygens (including phenoxy) is 3. The van der Waals surface area contributed by atoms with E-state index in [9.17, 15) is 9.59 Å². The second kappa shape index (κ2) is 11.6. The Labute approximate surface area is 108 Å². The largest absolute Gasteiger partial charge is 0.457 e. The molecular weight excluding hydrogens is 236 g/mol. The molecule has 1 rings (SSSR count). The van der Waals surface area contributed by atoms with Crippen molar-refractivity contribution in [1.29, 1.82) is 0 Å². The molecule has 0 aromatic carbocycles. The molecule has 0 bridgehead atoms. The zero-order chi connectivity index (χ0) is 14.6. The SMILES string of the molecule is C=C.C=CC(=O)OC(C)C1CO1.C=COC(C)=O. The molecule has 0 amide bonds. The van der Waals surface area contributed by atoms with Gasteiger partial charge in [0.2, 0.25) is 0 Å². The Bertz CT molecular complexity index is 281. The molecule has 18 heavy (non-hydrogen) atoms. The summed E-state index contributed by atoms with van der Waals surface area (Å²) in [7, 11) is 0. The monoisotopic (exact) mass is 256 g/mol. The number of hydrogen-bond acceptors (Lipinski definition) is 5. The van der Waals surface area contributed by atoms with E-state index in [-0.39, 0.29) is 24.1 Å². The second-order valence-corrected chi connectivity index (χ2v) is 2.99. The van der Waals surface area contributed by atoms with Gasteiger partial charge in [0.25, 0.3) is 0 Å². The Kier molecular flexibility index (Phi) is 11.9. The molecule has 2 atom stereocenters. The van der Waals surface area contributed by atoms with Crippen LogP contribution in [0.3, 0.4) is 0 Å². The van der Waals surface area contributed by atoms with Crippen molar-refractivity contribution in [2.75, 3.05) is 6.61 Å². The van der Waals surface area contributed by atoms with Crippen LogP contribution in [0.1, 0.15) is 13.8 Å². The molecule has 0 aromatic rings. The van der Waals surface area contributed by atoms with Gasteiger partial charge in [-0.1, -0.05) is 13.2 Å². The first kappa shape index (κ1) is 18.5. The molecule has 0 aliphatic carbocycles. The van der Waals surface area contributed by atoms with Crippen LogP contribution in [-0.2, 0) is 23.8 Å². The Morgan fingerprint density at radius 3 is 2.11 bits per heavy atom. The number of carbonyl (C=O) groups is 2. The summed E-state index contributed by atoms with van der Waals surface area (Å²) in [5.74, 6) is -0.715. The third kappa shape index (κ3) is 12.2. The van der Waals surface area contributed by atoms with Crippen LogP contribution in [0.4, 0.5) is 0 Å². The molecule has 1 aliphatic rings. The normalized spacial score (nSPS) is 16.4. The van der Waals surface area contributed by atoms with Gasteiger partial charge < -0.3 is 14.2 Å². The van der Waals surface area contributed by atoms with E-state index < -0.39 is 0 Å². The molecule has 0 N–H and O–H groups in total. The van der Waals surface area contributed by atoms with Gasteiger partial charge in [0.05, 0.1) is 12.9 Å². The summed E-state index contributed by atoms with van der Waals surface area (Å²) < 4.78 is 13.9. The van der Waals surface area contributed by atoms with Crippen molar-refractivity contribution >= 4 is 11.9 Å². The average Bonchev–Trinajstić information content (AvgIpc) is 3.16. The number of hydrogen-bond donors (Lipinski definition) is 0. The summed E-state index contributed by atoms with van der Waals surface area (Å²) in [4.78, 5) is 20.3. The highest BCUT2D eigenvalue weighted by Gasteiger charge is 2.31. The average molecular weight is 256 g/mol. The lowest BCUT2D eigenvalue weighted by atomic mass is 10.3. The summed E-state index contributed by atoms with van der Waals surface area (Å²) in [6.45, 7) is 16.3. The maximum absolute atomic E-state index is 10.6. The molecule has 5 nitrogen and oxygen atoms in total. The van der Waals surface area contributed by atoms with E-state index >= 15 is 0 Å². The number of carbonyl (C=O) groups excluding carboxylic acids is 2. The van der Waals surface area contributed by atoms with E-state index in [4.69, 9.17) is 9.47 Å². The highest BCUT2D eigenvalue weighted by atomic mass is 16.6. The van der Waals surface area contributed by atoms with Crippen molar-refractivity contribution in [2.24, 2.45) is 0 Å². The van der Waals surface area contributed by atoms with Gasteiger partial charge in [0, 0.05) is 13.0 Å². The standard InChI is InChI=1S/C7H10O3.C4H6O2.C2H4/c1-3-7(8)10-5(2)6-4-9-6;1-3-6-4(2)5;1-2/h3,5-6H,1,4H2,2H3;3H,1H2,2H3;1-2H2. The van der Waals surface area contributed by atoms with E-state index in [0.29, 0.717) is 6.61 Å². The van der Waals surface area contributed by atoms with E-state index in [2.05, 4.69) is 31.1 Å². The maximum atomic E-state index is 10.6. The first-order valence-electron chi connectivity index (χ1n) is 5.24. The van der Waals surface area contributed by atoms with Gasteiger partial charge in [-0.3, -0.25) is 4.79 Å². The van der Waals surface area contributed by atoms with Crippen LogP contribution in [0.25, 0.3) is 0 Å². The molecule has 0 saturated carbocycles. The molecule has 0 spiro atoms. The molecule has 1 fully saturated rings. The summed E-state index contributed by atoms with van der Waals surface area (Å²) in [6, 6.07) is 0. The van der Waals surface area contributed by atoms with Crippen molar-refractivity contribution in [2.45, 2.75) is 26.1 Å². The fourth-order valence-corrected chi connectivity index (χ4v) is 0.751. The Morgan fingerprint density at radius 1 is 1.39 bits per heavy atom. The third-order valence-electron chi connectivity index (χ3n) is 1.60. The first-order chi connectivity index (χ1) is 8.51. The van der Waals surface area contributed by atoms with E-state index in [0.717, 1.165) is 12.3 Å². The van der Waals surface area contributed by atoms with Gasteiger partial charge in [-0.05, 0) is 6.92 Å². The highest BCUT2D eigenvalue weighted by molar-refractivity contribution is 5.81. The number of rotatable bonds is 4. The number of esters is 2. The Morgan fingerprint density at radius 2 is 1.89 bits per heavy atom. The molecule has 102 valence electrons. The van der Waals surface area contributed by atoms with Gasteiger partial charge in [-0.15, -0.1) is 13.2 Å². The van der Waals surface area contributed by atoms with Gasteiger partial charge in [-0.25, -0.2) is 4.79 Å². The van der Waals surface area contributed by atoms with Crippen molar-refractivity contribution in [3.05, 3.63) is 38.7 Å². The van der Waals surface area contributed by atoms with Crippen molar-refractivity contribution in [3.63, 3.8) is 0 Å². The zero-order valence-corrected chi connectivity index (χ0v) is 10.9. The van der Waals surface area contributed by atoms with Crippen LogP contribution in [0.15, 0.2) is 38.7 Å². The van der Waals surface area contributed by atoms with E-state index in [1.165, 1.54) is 6.92 Å². The van der Waals surface area contributed by atoms with E-state index in [1.807, 2.05) is 0 Å². The van der Waals surface area contributed by atoms with Crippen LogP contribution >= 0.6 is 0 Å². The minimum Gasteiger partial charge on any atom is -0.457 e. The molecule has 5 heteroatoms. The summed E-state index contributed by atoms with van der Waals surface area (Å²) in [5.41, 5.74) is 0. The lowest BCUT2D eigenvalue weighted by Crippen LogP contribution is -2.18. The predicted molar refractivity (Wildman–Crippen MR) is 68.7 cm³/mol. The van der Waals surface area contributed by atoms with Crippen LogP contribution < -0.4 is 0 Å². The van der Waals surface area contributed by atoms with E-state index in [1.54, 1.807) is 6.92 Å². The first-order valence-corrected chi connectivity index (χ1v) is 5.24. The van der Waals surface area contributed by atoms with Crippen molar-refractivity contribution in [3.8, 4) is 0 Å². The molecule has 0 radical (unpaired) electrons. The Balaban J connectivity index is 0. The van der Waals surface area contributed by atoms with Gasteiger partial charge in [0.1, 0.15) is 12.2 Å². The lowest BCUT2D eigenvalue weighted by molar-refractivity contribution is -0.143.